The first kappa shape index (κ1) is 7.72. The predicted octanol–water partition coefficient (Wildman–Crippen LogP) is 0.138. The van der Waals surface area contributed by atoms with Crippen LogP contribution in [0.15, 0.2) is 24.5 Å². The van der Waals surface area contributed by atoms with Crippen LogP contribution in [0.4, 0.5) is 10.5 Å². The Morgan fingerprint density at radius 1 is 1.31 bits per heavy atom. The molecule has 1 saturated heterocycles. The number of carbonyl (C=O) groups excluding carboxylic acids is 2. The topological polar surface area (TPSA) is 62.3 Å². The number of amides is 3. The molecule has 0 atom stereocenters. The summed E-state index contributed by atoms with van der Waals surface area (Å²) in [6, 6.07) is 2.85. The lowest BCUT2D eigenvalue weighted by atomic mass is 10.3. The van der Waals surface area contributed by atoms with Gasteiger partial charge in [-0.1, -0.05) is 0 Å². The second kappa shape index (κ2) is 2.85. The monoisotopic (exact) mass is 177 g/mol. The average Bonchev–Trinajstić information content (AvgIpc) is 2.48. The normalized spacial score (nSPS) is 16.2. The molecule has 0 unspecified atom stereocenters. The van der Waals surface area contributed by atoms with Gasteiger partial charge in [-0.25, -0.2) is 9.69 Å². The van der Waals surface area contributed by atoms with Crippen molar-refractivity contribution in [2.45, 2.75) is 0 Å². The van der Waals surface area contributed by atoms with Gasteiger partial charge < -0.3 is 5.32 Å². The second-order valence-electron chi connectivity index (χ2n) is 2.59. The molecule has 5 nitrogen and oxygen atoms in total. The maximum Gasteiger partial charge on any atom is 0.329 e. The maximum atomic E-state index is 11.2. The summed E-state index contributed by atoms with van der Waals surface area (Å²) in [6.45, 7) is 0.0706. The first-order valence-corrected chi connectivity index (χ1v) is 3.80. The fraction of sp³-hybridized carbons (Fsp3) is 0.125. The van der Waals surface area contributed by atoms with Crippen LogP contribution in [0.1, 0.15) is 0 Å². The number of nitrogens with zero attached hydrogens (tertiary/aromatic N) is 2. The van der Waals surface area contributed by atoms with Crippen LogP contribution in [0.2, 0.25) is 0 Å². The van der Waals surface area contributed by atoms with E-state index in [0.717, 1.165) is 4.90 Å². The van der Waals surface area contributed by atoms with E-state index in [1.165, 1.54) is 12.4 Å². The van der Waals surface area contributed by atoms with Crippen molar-refractivity contribution in [3.63, 3.8) is 0 Å². The lowest BCUT2D eigenvalue weighted by Gasteiger charge is -2.10. The number of rotatable bonds is 1. The smallest absolute Gasteiger partial charge is 0.328 e. The van der Waals surface area contributed by atoms with Gasteiger partial charge in [0.25, 0.3) is 5.91 Å². The van der Waals surface area contributed by atoms with Crippen LogP contribution in [0.5, 0.6) is 0 Å². The number of hydrogen-bond donors (Lipinski definition) is 1. The van der Waals surface area contributed by atoms with Crippen LogP contribution in [0.25, 0.3) is 0 Å². The summed E-state index contributed by atoms with van der Waals surface area (Å²) in [4.78, 5) is 27.3. The zero-order valence-electron chi connectivity index (χ0n) is 6.73. The van der Waals surface area contributed by atoms with Crippen molar-refractivity contribution < 1.29 is 9.59 Å². The molecule has 0 radical (unpaired) electrons. The van der Waals surface area contributed by atoms with Crippen molar-refractivity contribution in [2.75, 3.05) is 11.4 Å². The molecule has 2 rings (SSSR count). The molecule has 1 aromatic heterocycles. The number of carbonyl (C=O) groups is 2. The molecule has 13 heavy (non-hydrogen) atoms. The standard InChI is InChI=1S/C8H7N3O2/c12-7-5-10-8(13)11(7)6-1-3-9-4-2-6/h1-4H,5H2,(H,10,13). The van der Waals surface area contributed by atoms with Gasteiger partial charge in [0.15, 0.2) is 0 Å². The minimum atomic E-state index is -0.379. The van der Waals surface area contributed by atoms with E-state index in [-0.39, 0.29) is 18.5 Å². The average molecular weight is 177 g/mol. The summed E-state index contributed by atoms with van der Waals surface area (Å²) >= 11 is 0. The van der Waals surface area contributed by atoms with E-state index in [1.54, 1.807) is 12.1 Å². The number of nitrogens with one attached hydrogen (secondary N) is 1. The van der Waals surface area contributed by atoms with Gasteiger partial charge >= 0.3 is 6.03 Å². The Morgan fingerprint density at radius 2 is 2.00 bits per heavy atom. The molecule has 0 bridgehead atoms. The quantitative estimate of drug-likeness (QED) is 0.620. The van der Waals surface area contributed by atoms with Gasteiger partial charge in [0.2, 0.25) is 0 Å². The zero-order valence-corrected chi connectivity index (χ0v) is 6.73. The van der Waals surface area contributed by atoms with Crippen LogP contribution in [0, 0.1) is 0 Å². The van der Waals surface area contributed by atoms with Gasteiger partial charge in [0, 0.05) is 12.4 Å². The van der Waals surface area contributed by atoms with Crippen LogP contribution in [-0.2, 0) is 4.79 Å². The third-order valence-corrected chi connectivity index (χ3v) is 1.76. The summed E-state index contributed by atoms with van der Waals surface area (Å²) in [5.74, 6) is -0.240. The number of anilines is 1. The predicted molar refractivity (Wildman–Crippen MR) is 45.1 cm³/mol. The first-order valence-electron chi connectivity index (χ1n) is 3.80. The molecule has 0 spiro atoms. The second-order valence-corrected chi connectivity index (χ2v) is 2.59. The summed E-state index contributed by atoms with van der Waals surface area (Å²) in [6.07, 6.45) is 3.07. The number of imide groups is 1. The van der Waals surface area contributed by atoms with Crippen molar-refractivity contribution >= 4 is 17.6 Å². The molecule has 5 heteroatoms. The Bertz CT molecular complexity index is 334. The highest BCUT2D eigenvalue weighted by Gasteiger charge is 2.29. The van der Waals surface area contributed by atoms with Crippen molar-refractivity contribution in [1.29, 1.82) is 0 Å². The molecule has 0 aromatic carbocycles. The zero-order chi connectivity index (χ0) is 9.26. The van der Waals surface area contributed by atoms with E-state index in [2.05, 4.69) is 10.3 Å². The van der Waals surface area contributed by atoms with Gasteiger partial charge in [-0.3, -0.25) is 9.78 Å². The molecule has 0 saturated carbocycles. The van der Waals surface area contributed by atoms with Crippen LogP contribution >= 0.6 is 0 Å². The van der Waals surface area contributed by atoms with Gasteiger partial charge in [0.05, 0.1) is 12.2 Å². The number of hydrogen-bond acceptors (Lipinski definition) is 3. The lowest BCUT2D eigenvalue weighted by Crippen LogP contribution is -2.30. The highest BCUT2D eigenvalue weighted by molar-refractivity contribution is 6.19. The van der Waals surface area contributed by atoms with Crippen LogP contribution in [-0.4, -0.2) is 23.5 Å². The van der Waals surface area contributed by atoms with Gasteiger partial charge in [-0.2, -0.15) is 0 Å². The number of pyridine rings is 1. The summed E-state index contributed by atoms with van der Waals surface area (Å²) < 4.78 is 0. The Labute approximate surface area is 74.4 Å². The van der Waals surface area contributed by atoms with Gasteiger partial charge in [-0.05, 0) is 12.1 Å². The Hall–Kier alpha value is -1.91. The number of urea groups is 1. The lowest BCUT2D eigenvalue weighted by molar-refractivity contribution is -0.115. The molecule has 3 amide bonds. The molecule has 66 valence electrons. The fourth-order valence-electron chi connectivity index (χ4n) is 1.18. The minimum absolute atomic E-state index is 0.0706. The molecular formula is C8H7N3O2. The maximum absolute atomic E-state index is 11.2. The third-order valence-electron chi connectivity index (χ3n) is 1.76. The van der Waals surface area contributed by atoms with E-state index in [4.69, 9.17) is 0 Å². The first-order chi connectivity index (χ1) is 6.29. The van der Waals surface area contributed by atoms with Crippen molar-refractivity contribution in [2.24, 2.45) is 0 Å². The van der Waals surface area contributed by atoms with E-state index in [9.17, 15) is 9.59 Å². The Kier molecular flexibility index (Phi) is 1.70. The molecule has 1 aliphatic heterocycles. The Morgan fingerprint density at radius 3 is 2.54 bits per heavy atom. The van der Waals surface area contributed by atoms with Gasteiger partial charge in [-0.15, -0.1) is 0 Å². The molecule has 0 aliphatic carbocycles. The van der Waals surface area contributed by atoms with Crippen molar-refractivity contribution in [3.8, 4) is 0 Å². The third kappa shape index (κ3) is 1.24. The highest BCUT2D eigenvalue weighted by Crippen LogP contribution is 2.14. The SMILES string of the molecule is O=C1CNC(=O)N1c1ccncc1. The van der Waals surface area contributed by atoms with Gasteiger partial charge in [0.1, 0.15) is 0 Å². The molecule has 1 fully saturated rings. The van der Waals surface area contributed by atoms with Crippen molar-refractivity contribution in [3.05, 3.63) is 24.5 Å². The summed E-state index contributed by atoms with van der Waals surface area (Å²) in [5.41, 5.74) is 0.551. The highest BCUT2D eigenvalue weighted by atomic mass is 16.2. The minimum Gasteiger partial charge on any atom is -0.328 e. The van der Waals surface area contributed by atoms with E-state index < -0.39 is 0 Å². The number of aromatic nitrogens is 1. The van der Waals surface area contributed by atoms with E-state index in [0.29, 0.717) is 5.69 Å². The molecular weight excluding hydrogens is 170 g/mol. The van der Waals surface area contributed by atoms with E-state index >= 15 is 0 Å². The Balaban J connectivity index is 2.36. The summed E-state index contributed by atoms with van der Waals surface area (Å²) in [5, 5.41) is 2.43. The summed E-state index contributed by atoms with van der Waals surface area (Å²) in [7, 11) is 0. The molecule has 1 aromatic rings. The molecule has 1 N–H and O–H groups in total. The van der Waals surface area contributed by atoms with Crippen molar-refractivity contribution in [1.82, 2.24) is 10.3 Å². The van der Waals surface area contributed by atoms with Crippen LogP contribution < -0.4 is 10.2 Å². The fourth-order valence-corrected chi connectivity index (χ4v) is 1.18. The van der Waals surface area contributed by atoms with E-state index in [1.807, 2.05) is 0 Å². The molecule has 1 aliphatic rings. The molecule has 2 heterocycles. The largest absolute Gasteiger partial charge is 0.329 e. The van der Waals surface area contributed by atoms with Crippen LogP contribution in [0.3, 0.4) is 0 Å².